The Balaban J connectivity index is 0. The van der Waals surface area contributed by atoms with Crippen LogP contribution in [0.2, 0.25) is 0 Å². The van der Waals surface area contributed by atoms with Gasteiger partial charge in [-0.25, -0.2) is 0 Å². The molecule has 6 heteroatoms. The van der Waals surface area contributed by atoms with Gasteiger partial charge in [-0.3, -0.25) is 0 Å². The molecule has 0 bridgehead atoms. The minimum atomic E-state index is -5.84. The van der Waals surface area contributed by atoms with Gasteiger partial charge in [0, 0.05) is 0 Å². The quantitative estimate of drug-likeness (QED) is 0.516. The first-order chi connectivity index (χ1) is 3.00. The average molecular weight is 335 g/mol. The number of hydrogen-bond acceptors (Lipinski definition) is 3. The van der Waals surface area contributed by atoms with Crippen LogP contribution in [0.4, 0.5) is 0 Å². The van der Waals surface area contributed by atoms with Crippen LogP contribution in [0.25, 0.3) is 0 Å². The number of rotatable bonds is 0. The van der Waals surface area contributed by atoms with E-state index in [0.29, 0.717) is 0 Å². The van der Waals surface area contributed by atoms with E-state index in [2.05, 4.69) is 0 Å². The topological polar surface area (TPSA) is 97.7 Å². The fourth-order valence-corrected chi connectivity index (χ4v) is 0. The Hall–Kier alpha value is 0.532. The molecule has 0 aliphatic heterocycles. The molecule has 0 aromatic heterocycles. The second-order valence-electron chi connectivity index (χ2n) is 0.548. The van der Waals surface area contributed by atoms with Crippen molar-refractivity contribution in [2.45, 2.75) is 0 Å². The third kappa shape index (κ3) is 474. The molecule has 0 unspecified atom stereocenters. The number of hydrogen-bond donors (Lipinski definition) is 2. The zero-order valence-electron chi connectivity index (χ0n) is 3.62. The molecule has 0 saturated carbocycles. The zero-order valence-corrected chi connectivity index (χ0v) is 7.78. The molecule has 0 radical (unpaired) electrons. The molecule has 7 heavy (non-hydrogen) atoms. The van der Waals surface area contributed by atoms with E-state index in [4.69, 9.17) is 14.8 Å². The first-order valence-corrected chi connectivity index (χ1v) is 8.39. The zero-order chi connectivity index (χ0) is 6.50. The molecule has 0 heterocycles. The van der Waals surface area contributed by atoms with Crippen LogP contribution in [0, 0.1) is 25.4 Å². The summed E-state index contributed by atoms with van der Waals surface area (Å²) in [4.78, 5) is 0. The molecule has 0 aromatic rings. The molecule has 44 valence electrons. The molecular formula is CH5O5U-. The average Bonchev–Trinajstić information content (AvgIpc) is 1.36. The molecule has 0 aliphatic rings. The molecule has 0 atom stereocenters. The normalized spacial score (nSPS) is 9.14. The molecule has 0 saturated heterocycles. The summed E-state index contributed by atoms with van der Waals surface area (Å²) >= 11 is -5.84. The fourth-order valence-electron chi connectivity index (χ4n) is 0. The van der Waals surface area contributed by atoms with Gasteiger partial charge in [-0.05, 0) is 0 Å². The Morgan fingerprint density at radius 1 is 1.29 bits per heavy atom. The van der Waals surface area contributed by atoms with Crippen molar-refractivity contribution in [2.24, 2.45) is 0 Å². The van der Waals surface area contributed by atoms with Gasteiger partial charge < -0.3 is 5.11 Å². The minimum absolute atomic E-state index is 0.750. The van der Waals surface area contributed by atoms with Crippen molar-refractivity contribution in [3.05, 3.63) is 0 Å². The van der Waals surface area contributed by atoms with Gasteiger partial charge in [-0.1, -0.05) is 0 Å². The summed E-state index contributed by atoms with van der Waals surface area (Å²) in [5.74, 6) is 0. The van der Waals surface area contributed by atoms with Crippen molar-refractivity contribution in [3.63, 3.8) is 0 Å². The van der Waals surface area contributed by atoms with Crippen molar-refractivity contribution in [1.82, 2.24) is 0 Å². The third-order valence-corrected chi connectivity index (χ3v) is 0. The fraction of sp³-hybridized carbons (Fsp3) is 1.00. The summed E-state index contributed by atoms with van der Waals surface area (Å²) in [5.41, 5.74) is 0. The van der Waals surface area contributed by atoms with Crippen molar-refractivity contribution in [1.29, 1.82) is 0 Å². The van der Waals surface area contributed by atoms with Crippen LogP contribution in [0.5, 0.6) is 0 Å². The van der Waals surface area contributed by atoms with Crippen LogP contribution in [0.15, 0.2) is 0 Å². The summed E-state index contributed by atoms with van der Waals surface area (Å²) in [6.07, 6.45) is 0. The van der Waals surface area contributed by atoms with Gasteiger partial charge in [-0.2, -0.15) is 7.11 Å². The van der Waals surface area contributed by atoms with E-state index in [0.717, 1.165) is 7.11 Å². The summed E-state index contributed by atoms with van der Waals surface area (Å²) in [5, 5.41) is 8.25. The van der Waals surface area contributed by atoms with Gasteiger partial charge in [0.25, 0.3) is 0 Å². The standard InChI is InChI=1S/CH3O.2H2O.2O.U/c1-2;;;;;/h1H3;2*1H2;;;/q-1;;;;;+2/p-2. The van der Waals surface area contributed by atoms with Crippen LogP contribution < -0.4 is 5.11 Å². The molecule has 0 rings (SSSR count). The van der Waals surface area contributed by atoms with Gasteiger partial charge in [-0.15, -0.1) is 0 Å². The summed E-state index contributed by atoms with van der Waals surface area (Å²) in [6, 6.07) is 0. The predicted octanol–water partition coefficient (Wildman–Crippen LogP) is -2.38. The van der Waals surface area contributed by atoms with Gasteiger partial charge in [0.1, 0.15) is 0 Å². The maximum absolute atomic E-state index is 8.89. The summed E-state index contributed by atoms with van der Waals surface area (Å²) < 4.78 is 32.2. The van der Waals surface area contributed by atoms with E-state index in [9.17, 15) is 0 Å². The molecule has 0 aromatic carbocycles. The van der Waals surface area contributed by atoms with Crippen LogP contribution in [0.3, 0.4) is 0 Å². The van der Waals surface area contributed by atoms with E-state index in [1.165, 1.54) is 0 Å². The first-order valence-electron chi connectivity index (χ1n) is 1.26. The maximum atomic E-state index is 8.89. The van der Waals surface area contributed by atoms with Crippen molar-refractivity contribution in [3.8, 4) is 0 Å². The van der Waals surface area contributed by atoms with E-state index in [1.54, 1.807) is 0 Å². The molecule has 2 N–H and O–H groups in total. The van der Waals surface area contributed by atoms with Crippen LogP contribution in [0.1, 0.15) is 0 Å². The predicted molar refractivity (Wildman–Crippen MR) is 11.7 cm³/mol. The SMILES string of the molecule is C[O-].[O]=[U](=[O])([OH])[OH]. The van der Waals surface area contributed by atoms with Gasteiger partial charge in [0.05, 0.1) is 0 Å². The van der Waals surface area contributed by atoms with Crippen molar-refractivity contribution < 1.29 is 40.2 Å². The summed E-state index contributed by atoms with van der Waals surface area (Å²) in [7, 11) is 0.750. The monoisotopic (exact) mass is 335 g/mol. The van der Waals surface area contributed by atoms with Gasteiger partial charge in [0.15, 0.2) is 0 Å². The van der Waals surface area contributed by atoms with Crippen LogP contribution >= 0.6 is 0 Å². The Kier molecular flexibility index (Phi) is 7.03. The van der Waals surface area contributed by atoms with E-state index >= 15 is 0 Å². The van der Waals surface area contributed by atoms with Crippen molar-refractivity contribution in [2.75, 3.05) is 7.11 Å². The van der Waals surface area contributed by atoms with Gasteiger partial charge in [0.2, 0.25) is 0 Å². The Labute approximate surface area is 47.4 Å². The Morgan fingerprint density at radius 2 is 1.29 bits per heavy atom. The van der Waals surface area contributed by atoms with E-state index in [1.807, 2.05) is 0 Å². The molecule has 0 amide bonds. The van der Waals surface area contributed by atoms with E-state index < -0.39 is 25.4 Å². The molecule has 0 aliphatic carbocycles. The van der Waals surface area contributed by atoms with Crippen LogP contribution in [-0.4, -0.2) is 12.3 Å². The van der Waals surface area contributed by atoms with E-state index in [-0.39, 0.29) is 0 Å². The molecule has 5 nitrogen and oxygen atoms in total. The molecule has 0 spiro atoms. The Bertz CT molecular complexity index is 91.2. The first kappa shape index (κ1) is 10.5. The summed E-state index contributed by atoms with van der Waals surface area (Å²) in [6.45, 7) is 0. The van der Waals surface area contributed by atoms with Crippen LogP contribution in [-0.2, 0) is 4.47 Å². The van der Waals surface area contributed by atoms with Gasteiger partial charge >= 0.3 is 35.1 Å². The molecular weight excluding hydrogens is 330 g/mol. The molecule has 0 fully saturated rings. The van der Waals surface area contributed by atoms with Crippen molar-refractivity contribution >= 4 is 0 Å². The Morgan fingerprint density at radius 3 is 1.29 bits per heavy atom. The second-order valence-corrected chi connectivity index (χ2v) is 5.12. The third-order valence-electron chi connectivity index (χ3n) is 0. The second kappa shape index (κ2) is 4.69.